The van der Waals surface area contributed by atoms with E-state index in [1.165, 1.54) is 0 Å². The fourth-order valence-electron chi connectivity index (χ4n) is 1.83. The van der Waals surface area contributed by atoms with E-state index in [1.54, 1.807) is 18.3 Å². The minimum Gasteiger partial charge on any atom is -0.393 e. The van der Waals surface area contributed by atoms with E-state index in [0.717, 1.165) is 5.56 Å². The van der Waals surface area contributed by atoms with Gasteiger partial charge in [-0.15, -0.1) is 0 Å². The molecule has 5 heteroatoms. The number of aliphatic hydroxyl groups excluding tert-OH is 1. The third kappa shape index (κ3) is 6.02. The number of hydrogen-bond acceptors (Lipinski definition) is 3. The maximum atomic E-state index is 11.6. The molecule has 0 radical (unpaired) electrons. The SMILES string of the molecule is CC(O)CC(C)(C)CNC(=O)NCc1ccsc1. The lowest BCUT2D eigenvalue weighted by Gasteiger charge is -2.26. The molecule has 1 atom stereocenters. The lowest BCUT2D eigenvalue weighted by atomic mass is 9.87. The highest BCUT2D eigenvalue weighted by molar-refractivity contribution is 7.07. The van der Waals surface area contributed by atoms with Crippen molar-refractivity contribution in [2.24, 2.45) is 5.41 Å². The second-order valence-electron chi connectivity index (χ2n) is 5.39. The van der Waals surface area contributed by atoms with Gasteiger partial charge >= 0.3 is 6.03 Å². The molecule has 1 aromatic rings. The van der Waals surface area contributed by atoms with Gasteiger partial charge in [0.1, 0.15) is 0 Å². The van der Waals surface area contributed by atoms with Crippen molar-refractivity contribution < 1.29 is 9.90 Å². The third-order valence-electron chi connectivity index (χ3n) is 2.61. The van der Waals surface area contributed by atoms with Crippen LogP contribution >= 0.6 is 11.3 Å². The van der Waals surface area contributed by atoms with Gasteiger partial charge in [-0.2, -0.15) is 11.3 Å². The fraction of sp³-hybridized carbons (Fsp3) is 0.615. The van der Waals surface area contributed by atoms with E-state index in [0.29, 0.717) is 19.5 Å². The summed E-state index contributed by atoms with van der Waals surface area (Å²) < 4.78 is 0. The summed E-state index contributed by atoms with van der Waals surface area (Å²) in [5, 5.41) is 19.0. The van der Waals surface area contributed by atoms with Crippen molar-refractivity contribution in [3.63, 3.8) is 0 Å². The number of rotatable bonds is 6. The zero-order valence-electron chi connectivity index (χ0n) is 11.2. The van der Waals surface area contributed by atoms with Crippen molar-refractivity contribution >= 4 is 17.4 Å². The lowest BCUT2D eigenvalue weighted by molar-refractivity contribution is 0.129. The van der Waals surface area contributed by atoms with E-state index in [1.807, 2.05) is 30.7 Å². The molecule has 0 aliphatic heterocycles. The topological polar surface area (TPSA) is 61.4 Å². The summed E-state index contributed by atoms with van der Waals surface area (Å²) in [6, 6.07) is 1.82. The molecule has 0 aliphatic rings. The highest BCUT2D eigenvalue weighted by Gasteiger charge is 2.20. The van der Waals surface area contributed by atoms with Crippen LogP contribution in [0.15, 0.2) is 16.8 Å². The number of carbonyl (C=O) groups is 1. The molecule has 0 bridgehead atoms. The van der Waals surface area contributed by atoms with E-state index < -0.39 is 0 Å². The van der Waals surface area contributed by atoms with Crippen LogP contribution in [0, 0.1) is 5.41 Å². The van der Waals surface area contributed by atoms with Gasteiger partial charge in [0.25, 0.3) is 0 Å². The quantitative estimate of drug-likeness (QED) is 0.743. The zero-order valence-corrected chi connectivity index (χ0v) is 12.0. The molecule has 2 amide bonds. The minimum atomic E-state index is -0.351. The van der Waals surface area contributed by atoms with Crippen LogP contribution < -0.4 is 10.6 Å². The van der Waals surface area contributed by atoms with Gasteiger partial charge in [0.15, 0.2) is 0 Å². The predicted octanol–water partition coefficient (Wildman–Crippen LogP) is 2.34. The highest BCUT2D eigenvalue weighted by Crippen LogP contribution is 2.20. The standard InChI is InChI=1S/C13H22N2O2S/c1-10(16)6-13(2,3)9-15-12(17)14-7-11-4-5-18-8-11/h4-5,8,10,16H,6-7,9H2,1-3H3,(H2,14,15,17). The molecule has 1 aromatic heterocycles. The molecule has 4 nitrogen and oxygen atoms in total. The summed E-state index contributed by atoms with van der Waals surface area (Å²) >= 11 is 1.62. The van der Waals surface area contributed by atoms with E-state index in [9.17, 15) is 9.90 Å². The van der Waals surface area contributed by atoms with E-state index >= 15 is 0 Å². The number of amides is 2. The molecule has 18 heavy (non-hydrogen) atoms. The van der Waals surface area contributed by atoms with Gasteiger partial charge in [-0.05, 0) is 41.1 Å². The molecule has 1 unspecified atom stereocenters. The second-order valence-corrected chi connectivity index (χ2v) is 6.17. The number of nitrogens with one attached hydrogen (secondary N) is 2. The van der Waals surface area contributed by atoms with Crippen LogP contribution in [-0.2, 0) is 6.54 Å². The zero-order chi connectivity index (χ0) is 13.6. The molecule has 1 rings (SSSR count). The van der Waals surface area contributed by atoms with Crippen LogP contribution in [0.4, 0.5) is 4.79 Å². The van der Waals surface area contributed by atoms with Gasteiger partial charge in [-0.1, -0.05) is 13.8 Å². The second kappa shape index (κ2) is 6.75. The highest BCUT2D eigenvalue weighted by atomic mass is 32.1. The monoisotopic (exact) mass is 270 g/mol. The Morgan fingerprint density at radius 2 is 2.22 bits per heavy atom. The van der Waals surface area contributed by atoms with Crippen molar-refractivity contribution in [1.29, 1.82) is 0 Å². The first-order chi connectivity index (χ1) is 8.39. The van der Waals surface area contributed by atoms with Gasteiger partial charge in [0, 0.05) is 13.1 Å². The van der Waals surface area contributed by atoms with Gasteiger partial charge < -0.3 is 15.7 Å². The van der Waals surface area contributed by atoms with Crippen molar-refractivity contribution in [3.05, 3.63) is 22.4 Å². The Morgan fingerprint density at radius 1 is 1.50 bits per heavy atom. The molecule has 0 aliphatic carbocycles. The number of urea groups is 1. The van der Waals surface area contributed by atoms with Gasteiger partial charge in [0.05, 0.1) is 6.10 Å². The fourth-order valence-corrected chi connectivity index (χ4v) is 2.50. The normalized spacial score (nSPS) is 13.1. The van der Waals surface area contributed by atoms with Crippen LogP contribution in [0.3, 0.4) is 0 Å². The molecule has 0 saturated heterocycles. The summed E-state index contributed by atoms with van der Waals surface area (Å²) in [4.78, 5) is 11.6. The summed E-state index contributed by atoms with van der Waals surface area (Å²) in [6.45, 7) is 6.91. The molecule has 0 saturated carbocycles. The maximum Gasteiger partial charge on any atom is 0.315 e. The number of thiophene rings is 1. The van der Waals surface area contributed by atoms with Crippen molar-refractivity contribution in [1.82, 2.24) is 10.6 Å². The summed E-state index contributed by atoms with van der Waals surface area (Å²) in [7, 11) is 0. The van der Waals surface area contributed by atoms with Crippen LogP contribution in [0.2, 0.25) is 0 Å². The molecule has 1 heterocycles. The van der Waals surface area contributed by atoms with E-state index in [-0.39, 0.29) is 17.6 Å². The summed E-state index contributed by atoms with van der Waals surface area (Å²) in [5.41, 5.74) is 1.01. The average molecular weight is 270 g/mol. The summed E-state index contributed by atoms with van der Waals surface area (Å²) in [6.07, 6.45) is 0.313. The van der Waals surface area contributed by atoms with Crippen molar-refractivity contribution in [2.75, 3.05) is 6.54 Å². The maximum absolute atomic E-state index is 11.6. The van der Waals surface area contributed by atoms with Crippen LogP contribution in [-0.4, -0.2) is 23.8 Å². The Morgan fingerprint density at radius 3 is 2.78 bits per heavy atom. The smallest absolute Gasteiger partial charge is 0.315 e. The molecule has 102 valence electrons. The lowest BCUT2D eigenvalue weighted by Crippen LogP contribution is -2.41. The molecule has 0 aromatic carbocycles. The molecular weight excluding hydrogens is 248 g/mol. The number of carbonyl (C=O) groups excluding carboxylic acids is 1. The Kier molecular flexibility index (Phi) is 5.62. The number of aliphatic hydroxyl groups is 1. The van der Waals surface area contributed by atoms with Gasteiger partial charge in [0.2, 0.25) is 0 Å². The minimum absolute atomic E-state index is 0.103. The van der Waals surface area contributed by atoms with Crippen molar-refractivity contribution in [2.45, 2.75) is 39.8 Å². The van der Waals surface area contributed by atoms with Gasteiger partial charge in [-0.25, -0.2) is 4.79 Å². The van der Waals surface area contributed by atoms with E-state index in [2.05, 4.69) is 10.6 Å². The van der Waals surface area contributed by atoms with Crippen LogP contribution in [0.5, 0.6) is 0 Å². The van der Waals surface area contributed by atoms with Crippen LogP contribution in [0.1, 0.15) is 32.8 Å². The predicted molar refractivity (Wildman–Crippen MR) is 74.6 cm³/mol. The first kappa shape index (κ1) is 15.0. The largest absolute Gasteiger partial charge is 0.393 e. The third-order valence-corrected chi connectivity index (χ3v) is 3.34. The van der Waals surface area contributed by atoms with Gasteiger partial charge in [-0.3, -0.25) is 0 Å². The Balaban J connectivity index is 2.24. The van der Waals surface area contributed by atoms with E-state index in [4.69, 9.17) is 0 Å². The summed E-state index contributed by atoms with van der Waals surface area (Å²) in [5.74, 6) is 0. The Hall–Kier alpha value is -1.07. The van der Waals surface area contributed by atoms with Crippen molar-refractivity contribution in [3.8, 4) is 0 Å². The first-order valence-corrected chi connectivity index (χ1v) is 7.04. The first-order valence-electron chi connectivity index (χ1n) is 6.10. The molecule has 0 fully saturated rings. The molecule has 0 spiro atoms. The van der Waals surface area contributed by atoms with Crippen LogP contribution in [0.25, 0.3) is 0 Å². The Bertz CT molecular complexity index is 361. The molecule has 3 N–H and O–H groups in total. The Labute approximate surface area is 112 Å². The number of hydrogen-bond donors (Lipinski definition) is 3. The molecular formula is C13H22N2O2S. The average Bonchev–Trinajstić information content (AvgIpc) is 2.74.